The van der Waals surface area contributed by atoms with Crippen molar-refractivity contribution in [1.29, 1.82) is 0 Å². The largest absolute Gasteiger partial charge is 0.476 e. The zero-order valence-electron chi connectivity index (χ0n) is 10.2. The van der Waals surface area contributed by atoms with Gasteiger partial charge in [-0.1, -0.05) is 0 Å². The fourth-order valence-electron chi connectivity index (χ4n) is 2.26. The van der Waals surface area contributed by atoms with Crippen molar-refractivity contribution in [2.24, 2.45) is 0 Å². The third kappa shape index (κ3) is 1.86. The summed E-state index contributed by atoms with van der Waals surface area (Å²) >= 11 is 1.39. The molecule has 0 atom stereocenters. The molecule has 0 bridgehead atoms. The lowest BCUT2D eigenvalue weighted by atomic mass is 9.94. The molecular weight excluding hydrogens is 266 g/mol. The highest BCUT2D eigenvalue weighted by Crippen LogP contribution is 2.28. The molecule has 0 saturated carbocycles. The fraction of sp³-hybridized carbons (Fsp3) is 0.333. The highest BCUT2D eigenvalue weighted by molar-refractivity contribution is 7.12. The molecule has 0 aliphatic heterocycles. The van der Waals surface area contributed by atoms with Crippen LogP contribution in [0, 0.1) is 6.92 Å². The number of carboxylic acid groups (broad SMARTS) is 1. The molecule has 2 aromatic rings. The van der Waals surface area contributed by atoms with E-state index in [1.807, 2.05) is 12.3 Å². The maximum atomic E-state index is 11.9. The number of ketones is 1. The second kappa shape index (κ2) is 4.27. The first-order valence-electron chi connectivity index (χ1n) is 5.89. The Bertz CT molecular complexity index is 686. The van der Waals surface area contributed by atoms with Crippen LogP contribution in [-0.2, 0) is 6.42 Å². The number of hydrogen-bond acceptors (Lipinski definition) is 5. The van der Waals surface area contributed by atoms with Gasteiger partial charge in [-0.05, 0) is 19.8 Å². The van der Waals surface area contributed by atoms with E-state index >= 15 is 0 Å². The van der Waals surface area contributed by atoms with Gasteiger partial charge in [0.05, 0.1) is 17.0 Å². The van der Waals surface area contributed by atoms with E-state index in [0.29, 0.717) is 23.7 Å². The molecule has 0 amide bonds. The summed E-state index contributed by atoms with van der Waals surface area (Å²) in [6, 6.07) is 0. The first-order valence-corrected chi connectivity index (χ1v) is 6.77. The van der Waals surface area contributed by atoms with Crippen LogP contribution in [0.25, 0.3) is 5.13 Å². The quantitative estimate of drug-likeness (QED) is 0.905. The minimum absolute atomic E-state index is 0.141. The molecule has 2 heterocycles. The monoisotopic (exact) mass is 277 g/mol. The van der Waals surface area contributed by atoms with Crippen molar-refractivity contribution < 1.29 is 14.7 Å². The molecule has 1 aliphatic carbocycles. The first kappa shape index (κ1) is 12.0. The van der Waals surface area contributed by atoms with Gasteiger partial charge in [-0.3, -0.25) is 4.79 Å². The van der Waals surface area contributed by atoms with E-state index in [1.165, 1.54) is 16.0 Å². The van der Waals surface area contributed by atoms with E-state index in [-0.39, 0.29) is 17.0 Å². The van der Waals surface area contributed by atoms with E-state index < -0.39 is 5.97 Å². The second-order valence-electron chi connectivity index (χ2n) is 4.44. The predicted molar refractivity (Wildman–Crippen MR) is 68.2 cm³/mol. The van der Waals surface area contributed by atoms with Crippen LogP contribution < -0.4 is 0 Å². The number of carboxylic acids is 1. The zero-order chi connectivity index (χ0) is 13.6. The topological polar surface area (TPSA) is 85.1 Å². The Morgan fingerprint density at radius 3 is 2.89 bits per heavy atom. The summed E-state index contributed by atoms with van der Waals surface area (Å²) in [4.78, 5) is 27.5. The number of thiazole rings is 1. The highest BCUT2D eigenvalue weighted by atomic mass is 32.1. The number of rotatable bonds is 2. The number of carbonyl (C=O) groups excluding carboxylic acids is 1. The van der Waals surface area contributed by atoms with Gasteiger partial charge in [0.2, 0.25) is 5.13 Å². The average molecular weight is 277 g/mol. The summed E-state index contributed by atoms with van der Waals surface area (Å²) in [6.07, 6.45) is 1.76. The molecule has 19 heavy (non-hydrogen) atoms. The molecule has 0 aromatic carbocycles. The first-order chi connectivity index (χ1) is 9.08. The molecule has 0 fully saturated rings. The van der Waals surface area contributed by atoms with E-state index in [4.69, 9.17) is 0 Å². The lowest BCUT2D eigenvalue weighted by molar-refractivity contribution is 0.0684. The van der Waals surface area contributed by atoms with Gasteiger partial charge >= 0.3 is 5.97 Å². The third-order valence-corrected chi connectivity index (χ3v) is 4.00. The Morgan fingerprint density at radius 2 is 2.26 bits per heavy atom. The number of aryl methyl sites for hydroxylation is 1. The molecule has 98 valence electrons. The van der Waals surface area contributed by atoms with Crippen molar-refractivity contribution >= 4 is 23.1 Å². The summed E-state index contributed by atoms with van der Waals surface area (Å²) in [7, 11) is 0. The van der Waals surface area contributed by atoms with Crippen molar-refractivity contribution in [2.75, 3.05) is 0 Å². The lowest BCUT2D eigenvalue weighted by Crippen LogP contribution is -2.14. The zero-order valence-corrected chi connectivity index (χ0v) is 11.0. The van der Waals surface area contributed by atoms with Crippen molar-refractivity contribution in [3.63, 3.8) is 0 Å². The molecule has 0 unspecified atom stereocenters. The summed E-state index contributed by atoms with van der Waals surface area (Å²) in [5, 5.41) is 15.7. The summed E-state index contributed by atoms with van der Waals surface area (Å²) < 4.78 is 1.51. The number of hydrogen-bond donors (Lipinski definition) is 1. The molecular formula is C12H11N3O3S. The van der Waals surface area contributed by atoms with Gasteiger partial charge in [-0.2, -0.15) is 5.10 Å². The molecule has 7 heteroatoms. The van der Waals surface area contributed by atoms with E-state index in [1.54, 1.807) is 0 Å². The maximum Gasteiger partial charge on any atom is 0.357 e. The number of carbonyl (C=O) groups is 2. The Morgan fingerprint density at radius 1 is 1.47 bits per heavy atom. The van der Waals surface area contributed by atoms with Crippen LogP contribution in [0.4, 0.5) is 0 Å². The molecule has 1 N–H and O–H groups in total. The number of aromatic carboxylic acids is 1. The van der Waals surface area contributed by atoms with Crippen molar-refractivity contribution in [1.82, 2.24) is 14.8 Å². The van der Waals surface area contributed by atoms with Gasteiger partial charge in [0.25, 0.3) is 0 Å². The number of Topliss-reactive ketones (excluding diaryl/α,β-unsaturated/α-hetero) is 1. The standard InChI is InChI=1S/C12H11N3O3S/c1-6-5-19-12(13-6)15-7-3-2-4-8(16)9(7)10(14-15)11(17)18/h5H,2-4H2,1H3,(H,17,18). The Balaban J connectivity index is 2.24. The molecule has 0 spiro atoms. The molecule has 2 aromatic heterocycles. The van der Waals surface area contributed by atoms with Crippen LogP contribution in [0.2, 0.25) is 0 Å². The van der Waals surface area contributed by atoms with E-state index in [2.05, 4.69) is 10.1 Å². The van der Waals surface area contributed by atoms with Crippen LogP contribution in [-0.4, -0.2) is 31.6 Å². The van der Waals surface area contributed by atoms with Crippen LogP contribution in [0.1, 0.15) is 45.1 Å². The van der Waals surface area contributed by atoms with Gasteiger partial charge in [0, 0.05) is 11.8 Å². The average Bonchev–Trinajstić information content (AvgIpc) is 2.93. The van der Waals surface area contributed by atoms with Crippen LogP contribution in [0.15, 0.2) is 5.38 Å². The Hall–Kier alpha value is -2.02. The highest BCUT2D eigenvalue weighted by Gasteiger charge is 2.31. The SMILES string of the molecule is Cc1csc(-n2nc(C(=O)O)c3c2CCCC3=O)n1. The van der Waals surface area contributed by atoms with Crippen molar-refractivity contribution in [3.8, 4) is 5.13 Å². The summed E-state index contributed by atoms with van der Waals surface area (Å²) in [5.74, 6) is -1.31. The second-order valence-corrected chi connectivity index (χ2v) is 5.27. The van der Waals surface area contributed by atoms with Crippen LogP contribution in [0.3, 0.4) is 0 Å². The van der Waals surface area contributed by atoms with Crippen molar-refractivity contribution in [2.45, 2.75) is 26.2 Å². The number of aromatic nitrogens is 3. The minimum atomic E-state index is -1.17. The van der Waals surface area contributed by atoms with Gasteiger partial charge in [0.15, 0.2) is 11.5 Å². The molecule has 1 aliphatic rings. The van der Waals surface area contributed by atoms with Gasteiger partial charge in [0.1, 0.15) is 0 Å². The Kier molecular flexibility index (Phi) is 2.70. The van der Waals surface area contributed by atoms with Crippen molar-refractivity contribution in [3.05, 3.63) is 28.0 Å². The Labute approximate surface area is 112 Å². The fourth-order valence-corrected chi connectivity index (χ4v) is 3.04. The van der Waals surface area contributed by atoms with Crippen LogP contribution in [0.5, 0.6) is 0 Å². The lowest BCUT2D eigenvalue weighted by Gasteiger charge is -2.11. The molecule has 6 nitrogen and oxygen atoms in total. The number of fused-ring (bicyclic) bond motifs is 1. The molecule has 0 radical (unpaired) electrons. The van der Waals surface area contributed by atoms with Crippen LogP contribution >= 0.6 is 11.3 Å². The molecule has 3 rings (SSSR count). The summed E-state index contributed by atoms with van der Waals surface area (Å²) in [6.45, 7) is 1.86. The van der Waals surface area contributed by atoms with Gasteiger partial charge in [-0.15, -0.1) is 11.3 Å². The predicted octanol–water partition coefficient (Wildman–Crippen LogP) is 1.85. The summed E-state index contributed by atoms with van der Waals surface area (Å²) in [5.41, 5.74) is 1.62. The number of nitrogens with zero attached hydrogens (tertiary/aromatic N) is 3. The molecule has 0 saturated heterocycles. The third-order valence-electron chi connectivity index (χ3n) is 3.07. The van der Waals surface area contributed by atoms with Gasteiger partial charge < -0.3 is 5.11 Å². The van der Waals surface area contributed by atoms with E-state index in [0.717, 1.165) is 12.1 Å². The maximum absolute atomic E-state index is 11.9. The van der Waals surface area contributed by atoms with E-state index in [9.17, 15) is 14.7 Å². The normalized spacial score (nSPS) is 14.5. The smallest absolute Gasteiger partial charge is 0.357 e. The van der Waals surface area contributed by atoms with Gasteiger partial charge in [-0.25, -0.2) is 14.5 Å². The minimum Gasteiger partial charge on any atom is -0.476 e.